The van der Waals surface area contributed by atoms with Gasteiger partial charge in [0.2, 0.25) is 5.88 Å². The van der Waals surface area contributed by atoms with Crippen molar-refractivity contribution >= 4 is 11.7 Å². The van der Waals surface area contributed by atoms with E-state index in [1.807, 2.05) is 32.6 Å². The van der Waals surface area contributed by atoms with Gasteiger partial charge < -0.3 is 20.5 Å². The van der Waals surface area contributed by atoms with Gasteiger partial charge in [0.1, 0.15) is 12.4 Å². The monoisotopic (exact) mass is 416 g/mol. The molecule has 0 amide bonds. The normalized spacial score (nSPS) is 15.6. The van der Waals surface area contributed by atoms with Gasteiger partial charge in [0.05, 0.1) is 6.04 Å². The summed E-state index contributed by atoms with van der Waals surface area (Å²) in [5.41, 5.74) is 6.82. The summed E-state index contributed by atoms with van der Waals surface area (Å²) in [5.74, 6) is -1.20. The van der Waals surface area contributed by atoms with Gasteiger partial charge in [-0.05, 0) is 46.3 Å². The summed E-state index contributed by atoms with van der Waals surface area (Å²) in [4.78, 5) is 20.6. The van der Waals surface area contributed by atoms with Crippen LogP contribution in [0.15, 0.2) is 35.1 Å². The zero-order valence-electron chi connectivity index (χ0n) is 17.1. The molecule has 1 aromatic heterocycles. The molecule has 0 fully saturated rings. The first kappa shape index (κ1) is 24.4. The lowest BCUT2D eigenvalue weighted by Crippen LogP contribution is -2.31. The predicted molar refractivity (Wildman–Crippen MR) is 104 cm³/mol. The minimum absolute atomic E-state index is 0. The minimum atomic E-state index is -4.41. The summed E-state index contributed by atoms with van der Waals surface area (Å²) in [6.45, 7) is 8.31. The van der Waals surface area contributed by atoms with E-state index in [1.165, 1.54) is 18.3 Å². The van der Waals surface area contributed by atoms with E-state index < -0.39 is 18.8 Å². The largest absolute Gasteiger partial charge is 0.477 e. The molecule has 1 aromatic rings. The topological polar surface area (TPSA) is 101 Å². The molecule has 7 nitrogen and oxygen atoms in total. The molecule has 10 heteroatoms. The number of ether oxygens (including phenoxy) is 1. The predicted octanol–water partition coefficient (Wildman–Crippen LogP) is 3.53. The van der Waals surface area contributed by atoms with Crippen LogP contribution in [0, 0.1) is 0 Å². The summed E-state index contributed by atoms with van der Waals surface area (Å²) in [5, 5.41) is 8.94. The average Bonchev–Trinajstić information content (AvgIpc) is 2.57. The van der Waals surface area contributed by atoms with Crippen molar-refractivity contribution in [3.8, 4) is 5.88 Å². The number of aliphatic imine (C=N–C) groups is 1. The molecule has 0 saturated carbocycles. The summed E-state index contributed by atoms with van der Waals surface area (Å²) < 4.78 is 40.9. The highest BCUT2D eigenvalue weighted by molar-refractivity contribution is 6.40. The van der Waals surface area contributed by atoms with Crippen molar-refractivity contribution < 1.29 is 27.8 Å². The molecule has 3 N–H and O–H groups in total. The van der Waals surface area contributed by atoms with Crippen LogP contribution in [0.1, 0.15) is 46.2 Å². The Kier molecular flexibility index (Phi) is 8.19. The maximum Gasteiger partial charge on any atom is 0.422 e. The molecule has 2 rings (SSSR count). The number of aromatic nitrogens is 1. The van der Waals surface area contributed by atoms with E-state index in [4.69, 9.17) is 10.8 Å². The molecular formula is C19H27F3N4O3. The van der Waals surface area contributed by atoms with Crippen LogP contribution in [0.25, 0.3) is 0 Å². The van der Waals surface area contributed by atoms with Gasteiger partial charge >= 0.3 is 12.1 Å². The van der Waals surface area contributed by atoms with Crippen molar-refractivity contribution in [2.45, 2.75) is 52.4 Å². The van der Waals surface area contributed by atoms with Gasteiger partial charge in [0.15, 0.2) is 6.61 Å². The summed E-state index contributed by atoms with van der Waals surface area (Å²) >= 11 is 0. The Morgan fingerprint density at radius 3 is 2.34 bits per heavy atom. The highest BCUT2D eigenvalue weighted by atomic mass is 19.4. The molecule has 0 bridgehead atoms. The van der Waals surface area contributed by atoms with E-state index >= 15 is 0 Å². The molecule has 1 atom stereocenters. The number of carbonyl (C=O) groups is 1. The summed E-state index contributed by atoms with van der Waals surface area (Å²) in [6.07, 6.45) is -1.51. The number of rotatable bonds is 5. The third-order valence-electron chi connectivity index (χ3n) is 3.50. The van der Waals surface area contributed by atoms with Crippen molar-refractivity contribution in [3.63, 3.8) is 0 Å². The van der Waals surface area contributed by atoms with Gasteiger partial charge in [-0.25, -0.2) is 9.78 Å². The number of alkyl halides is 3. The van der Waals surface area contributed by atoms with Crippen LogP contribution in [0.4, 0.5) is 13.2 Å². The Morgan fingerprint density at radius 1 is 1.34 bits per heavy atom. The Hall–Kier alpha value is -2.62. The van der Waals surface area contributed by atoms with E-state index in [1.54, 1.807) is 13.0 Å². The van der Waals surface area contributed by atoms with Crippen molar-refractivity contribution in [1.82, 2.24) is 9.88 Å². The Morgan fingerprint density at radius 2 is 1.93 bits per heavy atom. The zero-order valence-corrected chi connectivity index (χ0v) is 17.1. The standard InChI is InChI=1S/C15H16F3N3O3.C4H11N/c1-9-5-12(14(22)23)20-8-21(9)10(2)11-3-4-13(19-6-11)24-7-15(16,17)18;1-4(2,3)5/h3-6,10H,7-8H2,1-2H3,(H,22,23);5H2,1-3H3. The fraction of sp³-hybridized carbons (Fsp3) is 0.526. The summed E-state index contributed by atoms with van der Waals surface area (Å²) in [7, 11) is 0. The second-order valence-corrected chi connectivity index (χ2v) is 7.62. The van der Waals surface area contributed by atoms with Crippen molar-refractivity contribution in [2.75, 3.05) is 13.3 Å². The molecule has 2 heterocycles. The second kappa shape index (κ2) is 9.73. The zero-order chi connectivity index (χ0) is 22.4. The van der Waals surface area contributed by atoms with Crippen LogP contribution >= 0.6 is 0 Å². The van der Waals surface area contributed by atoms with Gasteiger partial charge in [0.25, 0.3) is 0 Å². The maximum atomic E-state index is 12.1. The third-order valence-corrected chi connectivity index (χ3v) is 3.50. The Labute approximate surface area is 168 Å². The van der Waals surface area contributed by atoms with E-state index in [2.05, 4.69) is 14.7 Å². The minimum Gasteiger partial charge on any atom is -0.477 e. The maximum absolute atomic E-state index is 12.1. The van der Waals surface area contributed by atoms with Crippen LogP contribution in [-0.4, -0.2) is 51.7 Å². The first-order valence-electron chi connectivity index (χ1n) is 8.84. The molecule has 162 valence electrons. The van der Waals surface area contributed by atoms with Crippen LogP contribution in [-0.2, 0) is 4.79 Å². The number of carboxylic acid groups (broad SMARTS) is 1. The SMILES string of the molecule is CC(C)(C)N.CC1=CC(C(=O)O)=NCN1C(C)c1ccc(OCC(F)(F)F)nc1. The van der Waals surface area contributed by atoms with Gasteiger partial charge in [0, 0.05) is 23.5 Å². The number of nitrogens with two attached hydrogens (primary N) is 1. The molecule has 0 radical (unpaired) electrons. The lowest BCUT2D eigenvalue weighted by Gasteiger charge is -2.32. The molecule has 0 saturated heterocycles. The van der Waals surface area contributed by atoms with Gasteiger partial charge in [-0.3, -0.25) is 4.99 Å². The highest BCUT2D eigenvalue weighted by Gasteiger charge is 2.28. The Bertz CT molecular complexity index is 747. The molecule has 1 unspecified atom stereocenters. The van der Waals surface area contributed by atoms with Gasteiger partial charge in [-0.2, -0.15) is 13.2 Å². The Balaban J connectivity index is 0.000000749. The van der Waals surface area contributed by atoms with Crippen LogP contribution in [0.5, 0.6) is 5.88 Å². The molecule has 0 aromatic carbocycles. The number of nitrogens with zero attached hydrogens (tertiary/aromatic N) is 3. The molecule has 1 aliphatic rings. The molecular weight excluding hydrogens is 389 g/mol. The van der Waals surface area contributed by atoms with Gasteiger partial charge in [-0.1, -0.05) is 6.07 Å². The number of hydrogen-bond acceptors (Lipinski definition) is 6. The molecule has 0 spiro atoms. The van der Waals surface area contributed by atoms with Crippen molar-refractivity contribution in [2.24, 2.45) is 10.7 Å². The highest BCUT2D eigenvalue weighted by Crippen LogP contribution is 2.26. The second-order valence-electron chi connectivity index (χ2n) is 7.62. The van der Waals surface area contributed by atoms with Crippen molar-refractivity contribution in [1.29, 1.82) is 0 Å². The van der Waals surface area contributed by atoms with Crippen molar-refractivity contribution in [3.05, 3.63) is 35.7 Å². The number of hydrogen-bond donors (Lipinski definition) is 2. The lowest BCUT2D eigenvalue weighted by molar-refractivity contribution is -0.154. The average molecular weight is 416 g/mol. The number of allylic oxidation sites excluding steroid dienone is 1. The molecule has 0 aliphatic carbocycles. The fourth-order valence-corrected chi connectivity index (χ4v) is 2.21. The molecule has 1 aliphatic heterocycles. The van der Waals surface area contributed by atoms with Crippen LogP contribution < -0.4 is 10.5 Å². The van der Waals surface area contributed by atoms with Crippen LogP contribution in [0.3, 0.4) is 0 Å². The first-order valence-corrected chi connectivity index (χ1v) is 8.84. The third kappa shape index (κ3) is 9.42. The number of carboxylic acids is 1. The summed E-state index contributed by atoms with van der Waals surface area (Å²) in [6, 6.07) is 2.81. The fourth-order valence-electron chi connectivity index (χ4n) is 2.21. The van der Waals surface area contributed by atoms with E-state index in [-0.39, 0.29) is 29.8 Å². The number of halogens is 3. The van der Waals surface area contributed by atoms with E-state index in [0.29, 0.717) is 0 Å². The number of aliphatic carboxylic acids is 1. The quantitative estimate of drug-likeness (QED) is 0.762. The lowest BCUT2D eigenvalue weighted by atomic mass is 10.1. The van der Waals surface area contributed by atoms with E-state index in [9.17, 15) is 18.0 Å². The first-order chi connectivity index (χ1) is 13.2. The number of pyridine rings is 1. The van der Waals surface area contributed by atoms with E-state index in [0.717, 1.165) is 11.3 Å². The molecule has 29 heavy (non-hydrogen) atoms. The van der Waals surface area contributed by atoms with Gasteiger partial charge in [-0.15, -0.1) is 0 Å². The van der Waals surface area contributed by atoms with Crippen LogP contribution in [0.2, 0.25) is 0 Å². The smallest absolute Gasteiger partial charge is 0.422 e.